The number of likely N-dealkylation sites (tertiary alicyclic amines) is 1. The first-order chi connectivity index (χ1) is 10.7. The average molecular weight is 313 g/mol. The first-order valence-corrected chi connectivity index (χ1v) is 7.83. The molecule has 2 unspecified atom stereocenters. The summed E-state index contributed by atoms with van der Waals surface area (Å²) >= 11 is 0. The van der Waals surface area contributed by atoms with Crippen molar-refractivity contribution in [3.05, 3.63) is 41.1 Å². The lowest BCUT2D eigenvalue weighted by Crippen LogP contribution is -2.37. The molecule has 3 aliphatic rings. The molecule has 0 aromatic heterocycles. The number of rotatable bonds is 0. The molecule has 1 aromatic carbocycles. The van der Waals surface area contributed by atoms with E-state index in [9.17, 15) is 14.7 Å². The van der Waals surface area contributed by atoms with Gasteiger partial charge in [0.1, 0.15) is 11.4 Å². The molecule has 1 N–H and O–H groups in total. The monoisotopic (exact) mass is 313 g/mol. The van der Waals surface area contributed by atoms with Crippen molar-refractivity contribution in [2.24, 2.45) is 5.92 Å². The van der Waals surface area contributed by atoms with Crippen LogP contribution in [0.2, 0.25) is 0 Å². The number of carbonyl (C=O) groups is 2. The van der Waals surface area contributed by atoms with Gasteiger partial charge in [0.2, 0.25) is 0 Å². The van der Waals surface area contributed by atoms with Crippen LogP contribution in [0.15, 0.2) is 30.0 Å². The van der Waals surface area contributed by atoms with Crippen LogP contribution in [0.5, 0.6) is 5.75 Å². The molecule has 1 spiro atoms. The Morgan fingerprint density at radius 1 is 1.39 bits per heavy atom. The molecule has 1 saturated carbocycles. The largest absolute Gasteiger partial charge is 0.508 e. The summed E-state index contributed by atoms with van der Waals surface area (Å²) in [6.45, 7) is 6.03. The Labute approximate surface area is 134 Å². The third-order valence-corrected chi connectivity index (χ3v) is 4.89. The summed E-state index contributed by atoms with van der Waals surface area (Å²) in [6, 6.07) is 4.86. The molecule has 1 heterocycles. The molecule has 0 bridgehead atoms. The number of aromatic hydroxyl groups is 1. The Kier molecular flexibility index (Phi) is 2.59. The highest BCUT2D eigenvalue weighted by atomic mass is 16.6. The lowest BCUT2D eigenvalue weighted by atomic mass is 9.81. The zero-order valence-corrected chi connectivity index (χ0v) is 13.4. The highest BCUT2D eigenvalue weighted by Crippen LogP contribution is 2.66. The number of fused-ring (bicyclic) bond motifs is 1. The van der Waals surface area contributed by atoms with Gasteiger partial charge in [-0.15, -0.1) is 0 Å². The van der Waals surface area contributed by atoms with Crippen LogP contribution in [0.1, 0.15) is 43.1 Å². The molecule has 0 radical (unpaired) electrons. The van der Waals surface area contributed by atoms with Gasteiger partial charge in [-0.25, -0.2) is 4.79 Å². The molecule has 120 valence electrons. The highest BCUT2D eigenvalue weighted by molar-refractivity contribution is 6.09. The lowest BCUT2D eigenvalue weighted by molar-refractivity contribution is 0.0322. The number of phenolic OH excluding ortho intramolecular Hbond substituents is 1. The Morgan fingerprint density at radius 2 is 2.13 bits per heavy atom. The van der Waals surface area contributed by atoms with Crippen LogP contribution in [0.25, 0.3) is 0 Å². The zero-order valence-electron chi connectivity index (χ0n) is 13.4. The SMILES string of the molecule is CC(C)(C)OC(=O)N1CC2CC23C1=CC(=O)c1ccc(O)cc13. The third-order valence-electron chi connectivity index (χ3n) is 4.89. The Morgan fingerprint density at radius 3 is 2.83 bits per heavy atom. The number of ether oxygens (including phenoxy) is 1. The number of benzene rings is 1. The summed E-state index contributed by atoms with van der Waals surface area (Å²) in [5, 5.41) is 9.82. The highest BCUT2D eigenvalue weighted by Gasteiger charge is 2.67. The summed E-state index contributed by atoms with van der Waals surface area (Å²) in [5.41, 5.74) is 1.31. The predicted octanol–water partition coefficient (Wildman–Crippen LogP) is 2.98. The van der Waals surface area contributed by atoms with Gasteiger partial charge in [-0.3, -0.25) is 9.69 Å². The second-order valence-electron chi connectivity index (χ2n) is 7.59. The van der Waals surface area contributed by atoms with E-state index in [0.717, 1.165) is 17.7 Å². The van der Waals surface area contributed by atoms with Gasteiger partial charge in [-0.2, -0.15) is 0 Å². The van der Waals surface area contributed by atoms with Crippen molar-refractivity contribution in [1.29, 1.82) is 0 Å². The van der Waals surface area contributed by atoms with Gasteiger partial charge in [0.05, 0.1) is 0 Å². The van der Waals surface area contributed by atoms with E-state index >= 15 is 0 Å². The van der Waals surface area contributed by atoms with Gasteiger partial charge < -0.3 is 9.84 Å². The molecule has 1 aliphatic heterocycles. The fourth-order valence-electron chi connectivity index (χ4n) is 3.91. The van der Waals surface area contributed by atoms with Crippen LogP contribution in [-0.4, -0.2) is 34.0 Å². The van der Waals surface area contributed by atoms with Gasteiger partial charge in [0, 0.05) is 29.3 Å². The number of amides is 1. The van der Waals surface area contributed by atoms with Gasteiger partial charge in [-0.05, 0) is 56.9 Å². The molecular weight excluding hydrogens is 294 g/mol. The minimum Gasteiger partial charge on any atom is -0.508 e. The Hall–Kier alpha value is -2.30. The number of hydrogen-bond donors (Lipinski definition) is 1. The standard InChI is InChI=1S/C18H19NO4/c1-17(2,3)23-16(22)19-9-10-8-18(10)13-6-11(20)4-5-12(13)14(21)7-15(18)19/h4-7,10,20H,8-9H2,1-3H3. The molecule has 1 saturated heterocycles. The van der Waals surface area contributed by atoms with Gasteiger partial charge >= 0.3 is 6.09 Å². The van der Waals surface area contributed by atoms with Gasteiger partial charge in [-0.1, -0.05) is 0 Å². The molecule has 4 rings (SSSR count). The molecule has 1 amide bonds. The van der Waals surface area contributed by atoms with Crippen molar-refractivity contribution in [2.75, 3.05) is 6.54 Å². The number of hydrogen-bond acceptors (Lipinski definition) is 4. The van der Waals surface area contributed by atoms with Crippen LogP contribution >= 0.6 is 0 Å². The van der Waals surface area contributed by atoms with Crippen LogP contribution in [0.3, 0.4) is 0 Å². The number of allylic oxidation sites excluding steroid dienone is 2. The average Bonchev–Trinajstić information content (AvgIpc) is 3.06. The minimum absolute atomic E-state index is 0.123. The minimum atomic E-state index is -0.577. The molecule has 2 aliphatic carbocycles. The molecule has 2 atom stereocenters. The van der Waals surface area contributed by atoms with Crippen molar-refractivity contribution in [3.63, 3.8) is 0 Å². The maximum atomic E-state index is 12.5. The van der Waals surface area contributed by atoms with Crippen molar-refractivity contribution >= 4 is 11.9 Å². The normalized spacial score (nSPS) is 27.8. The summed E-state index contributed by atoms with van der Waals surface area (Å²) in [4.78, 5) is 26.5. The van der Waals surface area contributed by atoms with Crippen LogP contribution < -0.4 is 0 Å². The lowest BCUT2D eigenvalue weighted by Gasteiger charge is -2.31. The molecule has 1 aromatic rings. The molecular formula is C18H19NO4. The molecule has 5 heteroatoms. The van der Waals surface area contributed by atoms with Crippen molar-refractivity contribution in [1.82, 2.24) is 4.90 Å². The number of nitrogens with zero attached hydrogens (tertiary/aromatic N) is 1. The second-order valence-corrected chi connectivity index (χ2v) is 7.59. The van der Waals surface area contributed by atoms with Crippen LogP contribution in [0.4, 0.5) is 4.79 Å². The summed E-state index contributed by atoms with van der Waals surface area (Å²) in [5.74, 6) is 0.310. The molecule has 5 nitrogen and oxygen atoms in total. The van der Waals surface area contributed by atoms with Gasteiger partial charge in [0.15, 0.2) is 5.78 Å². The Bertz CT molecular complexity index is 774. The van der Waals surface area contributed by atoms with E-state index in [1.165, 1.54) is 6.07 Å². The van der Waals surface area contributed by atoms with E-state index in [1.54, 1.807) is 23.1 Å². The number of carbonyl (C=O) groups excluding carboxylic acids is 2. The van der Waals surface area contributed by atoms with Crippen molar-refractivity contribution in [3.8, 4) is 5.75 Å². The number of phenols is 1. The smallest absolute Gasteiger partial charge is 0.414 e. The molecule has 23 heavy (non-hydrogen) atoms. The zero-order chi connectivity index (χ0) is 16.6. The van der Waals surface area contributed by atoms with E-state index in [4.69, 9.17) is 4.74 Å². The van der Waals surface area contributed by atoms with Crippen molar-refractivity contribution in [2.45, 2.75) is 38.2 Å². The number of ketones is 1. The molecule has 2 fully saturated rings. The second kappa shape index (κ2) is 4.16. The maximum absolute atomic E-state index is 12.5. The predicted molar refractivity (Wildman–Crippen MR) is 83.2 cm³/mol. The fraction of sp³-hybridized carbons (Fsp3) is 0.444. The van der Waals surface area contributed by atoms with E-state index in [1.807, 2.05) is 20.8 Å². The van der Waals surface area contributed by atoms with Crippen LogP contribution in [-0.2, 0) is 10.2 Å². The maximum Gasteiger partial charge on any atom is 0.414 e. The van der Waals surface area contributed by atoms with Crippen LogP contribution in [0, 0.1) is 5.92 Å². The van der Waals surface area contributed by atoms with E-state index in [0.29, 0.717) is 12.1 Å². The van der Waals surface area contributed by atoms with E-state index < -0.39 is 11.7 Å². The van der Waals surface area contributed by atoms with Gasteiger partial charge in [0.25, 0.3) is 0 Å². The Balaban J connectivity index is 1.75. The topological polar surface area (TPSA) is 66.8 Å². The first-order valence-electron chi connectivity index (χ1n) is 7.83. The van der Waals surface area contributed by atoms with Crippen molar-refractivity contribution < 1.29 is 19.4 Å². The number of piperidine rings is 1. The van der Waals surface area contributed by atoms with E-state index in [-0.39, 0.29) is 22.9 Å². The summed E-state index contributed by atoms with van der Waals surface area (Å²) < 4.78 is 5.47. The van der Waals surface area contributed by atoms with E-state index in [2.05, 4.69) is 0 Å². The summed E-state index contributed by atoms with van der Waals surface area (Å²) in [6.07, 6.45) is 2.06. The first kappa shape index (κ1) is 14.3. The fourth-order valence-corrected chi connectivity index (χ4v) is 3.91. The summed E-state index contributed by atoms with van der Waals surface area (Å²) in [7, 11) is 0. The quantitative estimate of drug-likeness (QED) is 0.799. The third kappa shape index (κ3) is 1.92.